The Balaban J connectivity index is 2.74. The summed E-state index contributed by atoms with van der Waals surface area (Å²) in [5.74, 6) is -0.0823. The van der Waals surface area contributed by atoms with E-state index < -0.39 is 11.4 Å². The van der Waals surface area contributed by atoms with Crippen LogP contribution in [0.1, 0.15) is 20.8 Å². The molecule has 0 aliphatic rings. The number of nitrogens with one attached hydrogen (secondary N) is 2. The summed E-state index contributed by atoms with van der Waals surface area (Å²) in [6.45, 7) is 6.04. The van der Waals surface area contributed by atoms with E-state index in [1.807, 2.05) is 6.92 Å². The standard InChI is InChI=1S/C10H17FN4O/c1-4-12-9-13-5-7(11)8(15-9)14-6-10(2,3)16/h5,16H,4,6H2,1-3H3,(H2,12,13,14,15). The van der Waals surface area contributed by atoms with Gasteiger partial charge in [-0.25, -0.2) is 9.37 Å². The van der Waals surface area contributed by atoms with E-state index in [9.17, 15) is 9.50 Å². The molecule has 5 nitrogen and oxygen atoms in total. The van der Waals surface area contributed by atoms with Crippen LogP contribution in [0.2, 0.25) is 0 Å². The van der Waals surface area contributed by atoms with Gasteiger partial charge in [0.05, 0.1) is 11.8 Å². The van der Waals surface area contributed by atoms with Crippen LogP contribution < -0.4 is 10.6 Å². The predicted molar refractivity (Wildman–Crippen MR) is 60.9 cm³/mol. The molecule has 0 aliphatic carbocycles. The number of halogens is 1. The van der Waals surface area contributed by atoms with E-state index in [1.165, 1.54) is 0 Å². The molecule has 0 spiro atoms. The normalized spacial score (nSPS) is 11.3. The van der Waals surface area contributed by atoms with Gasteiger partial charge in [-0.3, -0.25) is 0 Å². The van der Waals surface area contributed by atoms with E-state index in [0.717, 1.165) is 6.20 Å². The molecule has 1 rings (SSSR count). The molecule has 16 heavy (non-hydrogen) atoms. The highest BCUT2D eigenvalue weighted by molar-refractivity contribution is 5.41. The van der Waals surface area contributed by atoms with Crippen LogP contribution >= 0.6 is 0 Å². The van der Waals surface area contributed by atoms with E-state index in [2.05, 4.69) is 20.6 Å². The summed E-state index contributed by atoms with van der Waals surface area (Å²) >= 11 is 0. The molecule has 0 aliphatic heterocycles. The van der Waals surface area contributed by atoms with Crippen LogP contribution in [-0.4, -0.2) is 33.8 Å². The highest BCUT2D eigenvalue weighted by Gasteiger charge is 2.14. The molecule has 1 aromatic heterocycles. The van der Waals surface area contributed by atoms with E-state index in [1.54, 1.807) is 13.8 Å². The Morgan fingerprint density at radius 3 is 2.69 bits per heavy atom. The van der Waals surface area contributed by atoms with Crippen molar-refractivity contribution in [2.45, 2.75) is 26.4 Å². The molecule has 0 atom stereocenters. The molecule has 1 heterocycles. The lowest BCUT2D eigenvalue weighted by molar-refractivity contribution is 0.0943. The van der Waals surface area contributed by atoms with E-state index in [4.69, 9.17) is 0 Å². The van der Waals surface area contributed by atoms with Crippen LogP contribution in [0.4, 0.5) is 16.2 Å². The number of aliphatic hydroxyl groups is 1. The van der Waals surface area contributed by atoms with Crippen molar-refractivity contribution in [3.05, 3.63) is 12.0 Å². The van der Waals surface area contributed by atoms with Crippen molar-refractivity contribution in [2.24, 2.45) is 0 Å². The van der Waals surface area contributed by atoms with Crippen LogP contribution in [0.15, 0.2) is 6.20 Å². The summed E-state index contributed by atoms with van der Waals surface area (Å²) in [6.07, 6.45) is 1.09. The maximum Gasteiger partial charge on any atom is 0.224 e. The van der Waals surface area contributed by atoms with Crippen molar-refractivity contribution < 1.29 is 9.50 Å². The number of hydrogen-bond donors (Lipinski definition) is 3. The zero-order valence-corrected chi connectivity index (χ0v) is 9.71. The molecule has 3 N–H and O–H groups in total. The molecule has 0 saturated heterocycles. The second kappa shape index (κ2) is 5.07. The zero-order valence-electron chi connectivity index (χ0n) is 9.71. The van der Waals surface area contributed by atoms with Crippen LogP contribution in [0.5, 0.6) is 0 Å². The molecule has 90 valence electrons. The molecular weight excluding hydrogens is 211 g/mol. The lowest BCUT2D eigenvalue weighted by atomic mass is 10.1. The second-order valence-corrected chi connectivity index (χ2v) is 4.09. The first-order valence-electron chi connectivity index (χ1n) is 5.15. The molecule has 0 bridgehead atoms. The predicted octanol–water partition coefficient (Wildman–Crippen LogP) is 1.23. The molecule has 1 aromatic rings. The fourth-order valence-corrected chi connectivity index (χ4v) is 1.03. The third-order valence-electron chi connectivity index (χ3n) is 1.77. The molecule has 0 fully saturated rings. The third kappa shape index (κ3) is 3.98. The summed E-state index contributed by atoms with van der Waals surface area (Å²) in [4.78, 5) is 7.72. The van der Waals surface area contributed by atoms with Gasteiger partial charge in [-0.2, -0.15) is 4.98 Å². The summed E-state index contributed by atoms with van der Waals surface area (Å²) < 4.78 is 13.3. The molecular formula is C10H17FN4O. The molecule has 0 amide bonds. The van der Waals surface area contributed by atoms with Gasteiger partial charge in [0.25, 0.3) is 0 Å². The van der Waals surface area contributed by atoms with E-state index in [-0.39, 0.29) is 12.4 Å². The lowest BCUT2D eigenvalue weighted by Gasteiger charge is -2.18. The fourth-order valence-electron chi connectivity index (χ4n) is 1.03. The Hall–Kier alpha value is -1.43. The largest absolute Gasteiger partial charge is 0.389 e. The summed E-state index contributed by atoms with van der Waals surface area (Å²) in [6, 6.07) is 0. The van der Waals surface area contributed by atoms with Crippen molar-refractivity contribution in [3.63, 3.8) is 0 Å². The Labute approximate surface area is 94.1 Å². The monoisotopic (exact) mass is 228 g/mol. The van der Waals surface area contributed by atoms with Crippen molar-refractivity contribution in [1.29, 1.82) is 0 Å². The average Bonchev–Trinajstić information content (AvgIpc) is 2.18. The first-order valence-corrected chi connectivity index (χ1v) is 5.15. The van der Waals surface area contributed by atoms with Crippen molar-refractivity contribution in [3.8, 4) is 0 Å². The average molecular weight is 228 g/mol. The summed E-state index contributed by atoms with van der Waals surface area (Å²) in [7, 11) is 0. The highest BCUT2D eigenvalue weighted by atomic mass is 19.1. The van der Waals surface area contributed by atoms with Crippen molar-refractivity contribution in [1.82, 2.24) is 9.97 Å². The van der Waals surface area contributed by atoms with Gasteiger partial charge in [-0.1, -0.05) is 0 Å². The van der Waals surface area contributed by atoms with Crippen LogP contribution in [0, 0.1) is 5.82 Å². The lowest BCUT2D eigenvalue weighted by Crippen LogP contribution is -2.30. The Kier molecular flexibility index (Phi) is 4.00. The van der Waals surface area contributed by atoms with Gasteiger partial charge < -0.3 is 15.7 Å². The SMILES string of the molecule is CCNc1ncc(F)c(NCC(C)(C)O)n1. The minimum atomic E-state index is -0.921. The first kappa shape index (κ1) is 12.6. The summed E-state index contributed by atoms with van der Waals surface area (Å²) in [5, 5.41) is 15.1. The minimum absolute atomic E-state index is 0.0908. The summed E-state index contributed by atoms with van der Waals surface area (Å²) in [5.41, 5.74) is -0.921. The van der Waals surface area contributed by atoms with Gasteiger partial charge in [0.15, 0.2) is 11.6 Å². The molecule has 0 aromatic carbocycles. The van der Waals surface area contributed by atoms with Crippen LogP contribution in [-0.2, 0) is 0 Å². The minimum Gasteiger partial charge on any atom is -0.389 e. The van der Waals surface area contributed by atoms with Crippen LogP contribution in [0.25, 0.3) is 0 Å². The molecule has 0 radical (unpaired) electrons. The number of nitrogens with zero attached hydrogens (tertiary/aromatic N) is 2. The molecule has 0 unspecified atom stereocenters. The first-order chi connectivity index (χ1) is 7.42. The Morgan fingerprint density at radius 2 is 2.12 bits per heavy atom. The van der Waals surface area contributed by atoms with Gasteiger partial charge in [0.1, 0.15) is 0 Å². The smallest absolute Gasteiger partial charge is 0.224 e. The maximum absolute atomic E-state index is 13.3. The fraction of sp³-hybridized carbons (Fsp3) is 0.600. The Morgan fingerprint density at radius 1 is 1.44 bits per heavy atom. The second-order valence-electron chi connectivity index (χ2n) is 4.09. The number of anilines is 2. The van der Waals surface area contributed by atoms with Crippen molar-refractivity contribution >= 4 is 11.8 Å². The highest BCUT2D eigenvalue weighted by Crippen LogP contribution is 2.13. The number of aromatic nitrogens is 2. The zero-order chi connectivity index (χ0) is 12.2. The maximum atomic E-state index is 13.3. The third-order valence-corrected chi connectivity index (χ3v) is 1.77. The number of hydrogen-bond acceptors (Lipinski definition) is 5. The number of rotatable bonds is 5. The van der Waals surface area contributed by atoms with E-state index in [0.29, 0.717) is 12.5 Å². The van der Waals surface area contributed by atoms with Gasteiger partial charge in [0.2, 0.25) is 5.95 Å². The molecule has 6 heteroatoms. The van der Waals surface area contributed by atoms with Gasteiger partial charge in [0, 0.05) is 13.1 Å². The van der Waals surface area contributed by atoms with Crippen molar-refractivity contribution in [2.75, 3.05) is 23.7 Å². The Bertz CT molecular complexity index is 351. The topological polar surface area (TPSA) is 70.1 Å². The quantitative estimate of drug-likeness (QED) is 0.707. The van der Waals surface area contributed by atoms with Gasteiger partial charge in [-0.05, 0) is 20.8 Å². The van der Waals surface area contributed by atoms with Gasteiger partial charge in [-0.15, -0.1) is 0 Å². The van der Waals surface area contributed by atoms with Gasteiger partial charge >= 0.3 is 0 Å². The van der Waals surface area contributed by atoms with Crippen LogP contribution in [0.3, 0.4) is 0 Å². The molecule has 0 saturated carbocycles. The van der Waals surface area contributed by atoms with E-state index >= 15 is 0 Å².